The van der Waals surface area contributed by atoms with E-state index in [2.05, 4.69) is 35.6 Å². The molecule has 3 rings (SSSR count). The number of carbonyl (C=O) groups excluding carboxylic acids is 2. The average Bonchev–Trinajstić information content (AvgIpc) is 2.95. The maximum Gasteiger partial charge on any atom is 0.269 e. The normalized spacial score (nSPS) is 24.4. The first-order valence-corrected chi connectivity index (χ1v) is 10.6. The number of aromatic nitrogens is 2. The van der Waals surface area contributed by atoms with E-state index in [-0.39, 0.29) is 29.4 Å². The van der Waals surface area contributed by atoms with E-state index in [1.807, 2.05) is 7.05 Å². The van der Waals surface area contributed by atoms with Crippen LogP contribution < -0.4 is 11.1 Å². The number of primary amides is 1. The third-order valence-electron chi connectivity index (χ3n) is 6.14. The molecule has 0 aliphatic carbocycles. The van der Waals surface area contributed by atoms with Crippen molar-refractivity contribution in [3.05, 3.63) is 17.2 Å². The molecule has 1 aromatic heterocycles. The summed E-state index contributed by atoms with van der Waals surface area (Å²) in [6.07, 6.45) is 3.56. The molecule has 2 aliphatic rings. The minimum absolute atomic E-state index is 0.00263. The van der Waals surface area contributed by atoms with E-state index in [0.717, 1.165) is 43.7 Å². The summed E-state index contributed by atoms with van der Waals surface area (Å²) >= 11 is 0. The van der Waals surface area contributed by atoms with Gasteiger partial charge in [0.15, 0.2) is 5.69 Å². The Morgan fingerprint density at radius 3 is 2.55 bits per heavy atom. The van der Waals surface area contributed by atoms with Crippen LogP contribution in [-0.4, -0.2) is 53.5 Å². The lowest BCUT2D eigenvalue weighted by Crippen LogP contribution is -2.43. The van der Waals surface area contributed by atoms with Crippen LogP contribution in [0, 0.1) is 11.3 Å². The number of hydrogen-bond acceptors (Lipinski definition) is 5. The molecule has 0 aromatic carbocycles. The van der Waals surface area contributed by atoms with E-state index >= 15 is 0 Å². The van der Waals surface area contributed by atoms with Crippen molar-refractivity contribution in [1.82, 2.24) is 19.8 Å². The first-order valence-electron chi connectivity index (χ1n) is 10.6. The van der Waals surface area contributed by atoms with Crippen LogP contribution in [0.15, 0.2) is 0 Å². The molecule has 0 saturated carbocycles. The fourth-order valence-electron chi connectivity index (χ4n) is 4.81. The largest absolute Gasteiger partial charge is 0.370 e. The molecule has 2 amide bonds. The number of hydrogen-bond donors (Lipinski definition) is 2. The Morgan fingerprint density at radius 2 is 2.00 bits per heavy atom. The topological polar surface area (TPSA) is 102 Å². The van der Waals surface area contributed by atoms with Gasteiger partial charge in [-0.2, -0.15) is 0 Å². The molecule has 162 valence electrons. The smallest absolute Gasteiger partial charge is 0.269 e. The van der Waals surface area contributed by atoms with Gasteiger partial charge in [0.25, 0.3) is 5.91 Å². The highest BCUT2D eigenvalue weighted by Crippen LogP contribution is 2.42. The lowest BCUT2D eigenvalue weighted by atomic mass is 9.74. The van der Waals surface area contributed by atoms with Gasteiger partial charge >= 0.3 is 0 Å². The molecule has 1 aromatic rings. The number of amides is 2. The van der Waals surface area contributed by atoms with Crippen molar-refractivity contribution in [2.75, 3.05) is 27.2 Å². The maximum absolute atomic E-state index is 13.0. The zero-order valence-corrected chi connectivity index (χ0v) is 18.3. The highest BCUT2D eigenvalue weighted by Gasteiger charge is 2.43. The van der Waals surface area contributed by atoms with Crippen LogP contribution in [-0.2, 0) is 16.1 Å². The van der Waals surface area contributed by atoms with Crippen LogP contribution in [0.4, 0.5) is 0 Å². The van der Waals surface area contributed by atoms with Crippen molar-refractivity contribution in [3.63, 3.8) is 0 Å². The summed E-state index contributed by atoms with van der Waals surface area (Å²) in [5.74, 6) is -0.0677. The van der Waals surface area contributed by atoms with Crippen molar-refractivity contribution in [2.24, 2.45) is 17.1 Å². The van der Waals surface area contributed by atoms with Crippen LogP contribution >= 0.6 is 0 Å². The van der Waals surface area contributed by atoms with E-state index < -0.39 is 5.91 Å². The fourth-order valence-corrected chi connectivity index (χ4v) is 4.81. The molecule has 0 spiro atoms. The second-order valence-corrected chi connectivity index (χ2v) is 9.41. The van der Waals surface area contributed by atoms with Gasteiger partial charge < -0.3 is 25.3 Å². The van der Waals surface area contributed by atoms with Crippen LogP contribution in [0.2, 0.25) is 0 Å². The Bertz CT molecular complexity index is 761. The molecule has 3 N–H and O–H groups in total. The number of nitrogens with zero attached hydrogens (tertiary/aromatic N) is 3. The molecule has 8 nitrogen and oxygen atoms in total. The van der Waals surface area contributed by atoms with Gasteiger partial charge in [0.05, 0.1) is 11.6 Å². The van der Waals surface area contributed by atoms with E-state index in [1.54, 1.807) is 7.05 Å². The predicted octanol–water partition coefficient (Wildman–Crippen LogP) is 2.01. The highest BCUT2D eigenvalue weighted by atomic mass is 16.5. The minimum atomic E-state index is -0.530. The summed E-state index contributed by atoms with van der Waals surface area (Å²) < 4.78 is 8.17. The minimum Gasteiger partial charge on any atom is -0.370 e. The molecular formula is C21H35N5O3. The zero-order chi connectivity index (χ0) is 21.3. The quantitative estimate of drug-likeness (QED) is 0.798. The summed E-state index contributed by atoms with van der Waals surface area (Å²) in [6.45, 7) is 8.33. The standard InChI is InChI=1S/C21H35N5O3/c1-21(2,3)16(20(28)23-4)13-9-10-25(5)12-14-17(18(22)27)24-19(26(13)14)15-8-6-7-11-29-15/h13,15-16H,6-12H2,1-5H3,(H2,22,27)(H,23,28)/t13?,15?,16-/m0/s1. The second-order valence-electron chi connectivity index (χ2n) is 9.41. The summed E-state index contributed by atoms with van der Waals surface area (Å²) in [5, 5.41) is 2.85. The Balaban J connectivity index is 2.21. The molecule has 0 bridgehead atoms. The molecular weight excluding hydrogens is 370 g/mol. The van der Waals surface area contributed by atoms with Crippen LogP contribution in [0.25, 0.3) is 0 Å². The first-order chi connectivity index (χ1) is 13.6. The number of nitrogens with one attached hydrogen (secondary N) is 1. The number of fused-ring (bicyclic) bond motifs is 1. The molecule has 29 heavy (non-hydrogen) atoms. The monoisotopic (exact) mass is 405 g/mol. The van der Waals surface area contributed by atoms with Gasteiger partial charge in [-0.15, -0.1) is 0 Å². The molecule has 8 heteroatoms. The summed E-state index contributed by atoms with van der Waals surface area (Å²) in [4.78, 5) is 32.1. The van der Waals surface area contributed by atoms with Gasteiger partial charge in [-0.05, 0) is 38.1 Å². The molecule has 1 saturated heterocycles. The van der Waals surface area contributed by atoms with E-state index in [1.165, 1.54) is 0 Å². The van der Waals surface area contributed by atoms with Crippen molar-refractivity contribution in [3.8, 4) is 0 Å². The SMILES string of the molecule is CNC(=O)[C@H](C1CCN(C)Cc2c(C(N)=O)nc(C3CCCCO3)n21)C(C)(C)C. The molecule has 3 atom stereocenters. The lowest BCUT2D eigenvalue weighted by molar-refractivity contribution is -0.130. The lowest BCUT2D eigenvalue weighted by Gasteiger charge is -2.38. The first kappa shape index (κ1) is 21.8. The van der Waals surface area contributed by atoms with Crippen molar-refractivity contribution in [2.45, 2.75) is 65.1 Å². The van der Waals surface area contributed by atoms with Gasteiger partial charge in [0.1, 0.15) is 11.9 Å². The van der Waals surface area contributed by atoms with Crippen LogP contribution in [0.3, 0.4) is 0 Å². The second kappa shape index (κ2) is 8.44. The predicted molar refractivity (Wildman–Crippen MR) is 110 cm³/mol. The van der Waals surface area contributed by atoms with Crippen molar-refractivity contribution < 1.29 is 14.3 Å². The summed E-state index contributed by atoms with van der Waals surface area (Å²) in [6, 6.07) is -0.129. The van der Waals surface area contributed by atoms with Gasteiger partial charge in [0, 0.05) is 32.8 Å². The molecule has 2 aliphatic heterocycles. The number of rotatable bonds is 4. The Morgan fingerprint density at radius 1 is 1.28 bits per heavy atom. The van der Waals surface area contributed by atoms with Crippen molar-refractivity contribution >= 4 is 11.8 Å². The number of ether oxygens (including phenoxy) is 1. The van der Waals surface area contributed by atoms with E-state index in [4.69, 9.17) is 15.5 Å². The third-order valence-corrected chi connectivity index (χ3v) is 6.14. The van der Waals surface area contributed by atoms with E-state index in [9.17, 15) is 9.59 Å². The average molecular weight is 406 g/mol. The van der Waals surface area contributed by atoms with Gasteiger partial charge in [-0.3, -0.25) is 9.59 Å². The molecule has 3 heterocycles. The highest BCUT2D eigenvalue weighted by molar-refractivity contribution is 5.92. The Hall–Kier alpha value is -1.93. The summed E-state index contributed by atoms with van der Waals surface area (Å²) in [7, 11) is 3.70. The van der Waals surface area contributed by atoms with Crippen LogP contribution in [0.1, 0.15) is 80.6 Å². The van der Waals surface area contributed by atoms with E-state index in [0.29, 0.717) is 18.8 Å². The zero-order valence-electron chi connectivity index (χ0n) is 18.3. The molecule has 1 fully saturated rings. The maximum atomic E-state index is 13.0. The number of nitrogens with two attached hydrogens (primary N) is 1. The third kappa shape index (κ3) is 4.33. The number of imidazole rings is 1. The van der Waals surface area contributed by atoms with Crippen molar-refractivity contribution in [1.29, 1.82) is 0 Å². The van der Waals surface area contributed by atoms with Crippen LogP contribution in [0.5, 0.6) is 0 Å². The summed E-state index contributed by atoms with van der Waals surface area (Å²) in [5.41, 5.74) is 6.55. The number of carbonyl (C=O) groups is 2. The van der Waals surface area contributed by atoms with Gasteiger partial charge in [-0.1, -0.05) is 20.8 Å². The van der Waals surface area contributed by atoms with Gasteiger partial charge in [0.2, 0.25) is 5.91 Å². The molecule has 2 unspecified atom stereocenters. The Labute approximate surface area is 173 Å². The Kier molecular flexibility index (Phi) is 6.33. The molecule has 0 radical (unpaired) electrons. The van der Waals surface area contributed by atoms with Gasteiger partial charge in [-0.25, -0.2) is 4.98 Å². The fraction of sp³-hybridized carbons (Fsp3) is 0.762.